The summed E-state index contributed by atoms with van der Waals surface area (Å²) in [5, 5.41) is 5.23. The van der Waals surface area contributed by atoms with Crippen molar-refractivity contribution < 1.29 is 0 Å². The van der Waals surface area contributed by atoms with Gasteiger partial charge in [0.25, 0.3) is 0 Å². The molecule has 65 heavy (non-hydrogen) atoms. The molecule has 0 unspecified atom stereocenters. The lowest BCUT2D eigenvalue weighted by Gasteiger charge is -2.34. The summed E-state index contributed by atoms with van der Waals surface area (Å²) in [5.74, 6) is 0. The highest BCUT2D eigenvalue weighted by Gasteiger charge is 2.53. The first kappa shape index (κ1) is 41.7. The number of benzene rings is 8. The topological polar surface area (TPSA) is 3.24 Å². The zero-order chi connectivity index (χ0) is 45.6. The first-order chi connectivity index (χ1) is 30.8. The molecule has 0 atom stereocenters. The maximum Gasteiger partial charge on any atom is 0.0726 e. The predicted octanol–water partition coefficient (Wildman–Crippen LogP) is 18.2. The third-order valence-corrected chi connectivity index (χ3v) is 15.9. The Balaban J connectivity index is 1.29. The van der Waals surface area contributed by atoms with Crippen molar-refractivity contribution in [2.45, 2.75) is 110 Å². The largest absolute Gasteiger partial charge is 0.308 e. The third kappa shape index (κ3) is 6.23. The first-order valence-corrected chi connectivity index (χ1v) is 24.4. The molecule has 1 spiro atoms. The molecule has 1 nitrogen and oxygen atoms in total. The molecule has 2 heteroatoms. The molecular formula is C63H61NS. The summed E-state index contributed by atoms with van der Waals surface area (Å²) in [5.41, 5.74) is 19.2. The van der Waals surface area contributed by atoms with Gasteiger partial charge in [-0.3, -0.25) is 0 Å². The molecule has 0 amide bonds. The molecule has 0 radical (unpaired) electrons. The number of hydrogen-bond donors (Lipinski definition) is 0. The van der Waals surface area contributed by atoms with E-state index in [9.17, 15) is 0 Å². The van der Waals surface area contributed by atoms with E-state index in [0.29, 0.717) is 0 Å². The molecule has 11 rings (SSSR count). The van der Waals surface area contributed by atoms with Crippen molar-refractivity contribution in [2.75, 3.05) is 4.90 Å². The van der Waals surface area contributed by atoms with E-state index in [0.717, 1.165) is 0 Å². The fraction of sp³-hybridized carbons (Fsp3) is 0.270. The van der Waals surface area contributed by atoms with E-state index in [1.165, 1.54) is 115 Å². The molecule has 0 fully saturated rings. The summed E-state index contributed by atoms with van der Waals surface area (Å²) < 4.78 is 2.62. The van der Waals surface area contributed by atoms with Crippen LogP contribution in [0.2, 0.25) is 0 Å². The lowest BCUT2D eigenvalue weighted by atomic mass is 9.69. The van der Waals surface area contributed by atoms with Gasteiger partial charge < -0.3 is 4.90 Å². The monoisotopic (exact) mass is 863 g/mol. The van der Waals surface area contributed by atoms with Crippen LogP contribution in [-0.2, 0) is 27.1 Å². The number of rotatable bonds is 3. The maximum atomic E-state index is 2.65. The summed E-state index contributed by atoms with van der Waals surface area (Å²) in [7, 11) is 0. The van der Waals surface area contributed by atoms with Crippen molar-refractivity contribution in [2.24, 2.45) is 0 Å². The second-order valence-electron chi connectivity index (χ2n) is 23.0. The summed E-state index contributed by atoms with van der Waals surface area (Å²) >= 11 is 1.93. The lowest BCUT2D eigenvalue weighted by Crippen LogP contribution is -2.27. The van der Waals surface area contributed by atoms with Crippen molar-refractivity contribution in [1.29, 1.82) is 0 Å². The highest BCUT2D eigenvalue weighted by Crippen LogP contribution is 2.65. The van der Waals surface area contributed by atoms with Gasteiger partial charge in [-0.15, -0.1) is 11.3 Å². The van der Waals surface area contributed by atoms with Crippen LogP contribution >= 0.6 is 11.3 Å². The Hall–Kier alpha value is -5.96. The minimum atomic E-state index is -0.507. The van der Waals surface area contributed by atoms with Gasteiger partial charge in [0.1, 0.15) is 0 Å². The van der Waals surface area contributed by atoms with Crippen LogP contribution in [0.4, 0.5) is 17.1 Å². The summed E-state index contributed by atoms with van der Waals surface area (Å²) in [6.07, 6.45) is 0. The molecule has 1 heterocycles. The average Bonchev–Trinajstić information content (AvgIpc) is 3.90. The SMILES string of the molecule is CC(C)(C)c1cc(N(c2cccc3c2-c2ccccc2C32c3cc(C(C)(C)C)ccc3-c3ccc(C(C)(C)C)cc32)c2cccc3c2sc2ccc4ccccc4c23)cc(C(C)(C)C)c1. The molecule has 0 bridgehead atoms. The molecule has 2 aliphatic rings. The van der Waals surface area contributed by atoms with Gasteiger partial charge in [0, 0.05) is 26.7 Å². The molecule has 9 aromatic rings. The van der Waals surface area contributed by atoms with Crippen LogP contribution in [0.5, 0.6) is 0 Å². The Morgan fingerprint density at radius 1 is 0.400 bits per heavy atom. The molecule has 1 aromatic heterocycles. The highest BCUT2D eigenvalue weighted by molar-refractivity contribution is 7.26. The fourth-order valence-corrected chi connectivity index (χ4v) is 12.3. The second kappa shape index (κ2) is 14.0. The molecule has 0 saturated heterocycles. The zero-order valence-electron chi connectivity index (χ0n) is 40.3. The van der Waals surface area contributed by atoms with Crippen molar-refractivity contribution in [1.82, 2.24) is 0 Å². The van der Waals surface area contributed by atoms with Crippen molar-refractivity contribution in [3.05, 3.63) is 196 Å². The van der Waals surface area contributed by atoms with Crippen molar-refractivity contribution in [3.63, 3.8) is 0 Å². The number of anilines is 3. The number of nitrogens with zero attached hydrogens (tertiary/aromatic N) is 1. The highest BCUT2D eigenvalue weighted by atomic mass is 32.1. The second-order valence-corrected chi connectivity index (χ2v) is 24.1. The van der Waals surface area contributed by atoms with E-state index in [1.807, 2.05) is 11.3 Å². The molecule has 2 aliphatic carbocycles. The maximum absolute atomic E-state index is 2.65. The molecular weight excluding hydrogens is 803 g/mol. The fourth-order valence-electron chi connectivity index (χ4n) is 11.1. The van der Waals surface area contributed by atoms with Crippen LogP contribution in [0.1, 0.15) is 128 Å². The molecule has 0 N–H and O–H groups in total. The van der Waals surface area contributed by atoms with Gasteiger partial charge in [0.05, 0.1) is 21.5 Å². The van der Waals surface area contributed by atoms with Gasteiger partial charge in [0.2, 0.25) is 0 Å². The Labute approximate surface area is 390 Å². The molecule has 0 aliphatic heterocycles. The van der Waals surface area contributed by atoms with Crippen LogP contribution in [0, 0.1) is 0 Å². The van der Waals surface area contributed by atoms with Crippen LogP contribution in [0.15, 0.2) is 152 Å². The van der Waals surface area contributed by atoms with E-state index in [4.69, 9.17) is 0 Å². The molecule has 0 saturated carbocycles. The summed E-state index contributed by atoms with van der Waals surface area (Å²) in [6, 6.07) is 59.3. The predicted molar refractivity (Wildman–Crippen MR) is 283 cm³/mol. The summed E-state index contributed by atoms with van der Waals surface area (Å²) in [4.78, 5) is 2.65. The van der Waals surface area contributed by atoms with Gasteiger partial charge in [-0.05, 0) is 124 Å². The number of hydrogen-bond acceptors (Lipinski definition) is 2. The lowest BCUT2D eigenvalue weighted by molar-refractivity contribution is 0.569. The number of fused-ring (bicyclic) bond motifs is 15. The van der Waals surface area contributed by atoms with Gasteiger partial charge in [-0.25, -0.2) is 0 Å². The van der Waals surface area contributed by atoms with Crippen LogP contribution in [0.25, 0.3) is 53.2 Å². The van der Waals surface area contributed by atoms with E-state index in [-0.39, 0.29) is 21.7 Å². The first-order valence-electron chi connectivity index (χ1n) is 23.6. The summed E-state index contributed by atoms with van der Waals surface area (Å²) in [6.45, 7) is 28.2. The van der Waals surface area contributed by atoms with Gasteiger partial charge >= 0.3 is 0 Å². The van der Waals surface area contributed by atoms with Crippen molar-refractivity contribution >= 4 is 59.3 Å². The normalized spacial score (nSPS) is 14.3. The van der Waals surface area contributed by atoms with E-state index in [2.05, 4.69) is 240 Å². The minimum absolute atomic E-state index is 0.0156. The Bertz CT molecular complexity index is 3320. The van der Waals surface area contributed by atoms with Crippen LogP contribution in [0.3, 0.4) is 0 Å². The Kier molecular flexibility index (Phi) is 9.00. The average molecular weight is 864 g/mol. The van der Waals surface area contributed by atoms with Gasteiger partial charge in [-0.2, -0.15) is 0 Å². The smallest absolute Gasteiger partial charge is 0.0726 e. The van der Waals surface area contributed by atoms with Crippen LogP contribution < -0.4 is 4.90 Å². The zero-order valence-corrected chi connectivity index (χ0v) is 41.1. The standard InChI is InChI=1S/C63H61NS/c1-59(2,3)39-28-30-45-46-31-29-40(60(4,5)6)37-52(46)63(51(45)36-39)49-23-16-15-21-47(49)57-50(63)24-18-25-53(57)64(43-34-41(61(7,8)9)33-42(35-43)62(10,11)12)54-26-17-22-48-56-44-20-14-13-19-38(44)27-32-55(56)65-58(48)54/h13-37H,1-12H3. The quantitative estimate of drug-likeness (QED) is 0.171. The third-order valence-electron chi connectivity index (χ3n) is 14.7. The van der Waals surface area contributed by atoms with Gasteiger partial charge in [0.15, 0.2) is 0 Å². The van der Waals surface area contributed by atoms with Crippen molar-refractivity contribution in [3.8, 4) is 22.3 Å². The minimum Gasteiger partial charge on any atom is -0.308 e. The van der Waals surface area contributed by atoms with Crippen LogP contribution in [-0.4, -0.2) is 0 Å². The Morgan fingerprint density at radius 2 is 0.938 bits per heavy atom. The van der Waals surface area contributed by atoms with Gasteiger partial charge in [-0.1, -0.05) is 204 Å². The Morgan fingerprint density at radius 3 is 1.57 bits per heavy atom. The molecule has 8 aromatic carbocycles. The van der Waals surface area contributed by atoms with E-state index < -0.39 is 5.41 Å². The molecule has 324 valence electrons. The number of thiophene rings is 1. The van der Waals surface area contributed by atoms with E-state index >= 15 is 0 Å². The van der Waals surface area contributed by atoms with E-state index in [1.54, 1.807) is 0 Å².